The van der Waals surface area contributed by atoms with E-state index >= 15 is 0 Å². The van der Waals surface area contributed by atoms with Crippen molar-refractivity contribution in [1.29, 1.82) is 0 Å². The zero-order chi connectivity index (χ0) is 14.0. The van der Waals surface area contributed by atoms with Crippen molar-refractivity contribution in [2.24, 2.45) is 11.3 Å². The molecule has 0 N–H and O–H groups in total. The summed E-state index contributed by atoms with van der Waals surface area (Å²) in [6.45, 7) is 4.43. The van der Waals surface area contributed by atoms with Crippen LogP contribution in [0.4, 0.5) is 0 Å². The summed E-state index contributed by atoms with van der Waals surface area (Å²) in [6.07, 6.45) is 3.72. The molecule has 1 saturated carbocycles. The molecule has 0 amide bonds. The molecule has 19 heavy (non-hydrogen) atoms. The van der Waals surface area contributed by atoms with Crippen molar-refractivity contribution in [3.05, 3.63) is 28.2 Å². The number of carbonyl (C=O) groups is 1. The second-order valence-electron chi connectivity index (χ2n) is 6.02. The third-order valence-electron chi connectivity index (χ3n) is 4.26. The number of methoxy groups -OCH3 is 1. The molecule has 0 bridgehead atoms. The lowest BCUT2D eigenvalue weighted by Gasteiger charge is -2.37. The predicted octanol–water partition coefficient (Wildman–Crippen LogP) is 4.40. The van der Waals surface area contributed by atoms with E-state index in [4.69, 9.17) is 4.74 Å². The molecule has 1 aromatic carbocycles. The van der Waals surface area contributed by atoms with Crippen LogP contribution in [-0.4, -0.2) is 12.9 Å². The Hall–Kier alpha value is -0.830. The van der Waals surface area contributed by atoms with Crippen LogP contribution in [0.15, 0.2) is 22.7 Å². The molecule has 0 radical (unpaired) electrons. The van der Waals surface area contributed by atoms with Gasteiger partial charge in [0.05, 0.1) is 7.11 Å². The molecule has 1 aliphatic carbocycles. The number of hydrogen-bond donors (Lipinski definition) is 0. The summed E-state index contributed by atoms with van der Waals surface area (Å²) in [6, 6.07) is 5.98. The molecule has 1 aliphatic rings. The molecule has 0 aromatic heterocycles. The zero-order valence-electron chi connectivity index (χ0n) is 11.8. The van der Waals surface area contributed by atoms with Crippen molar-refractivity contribution in [3.8, 4) is 5.75 Å². The molecule has 1 unspecified atom stereocenters. The highest BCUT2D eigenvalue weighted by Crippen LogP contribution is 2.41. The summed E-state index contributed by atoms with van der Waals surface area (Å²) < 4.78 is 6.23. The number of carbonyl (C=O) groups excluding carboxylic acids is 1. The Balaban J connectivity index is 2.22. The quantitative estimate of drug-likeness (QED) is 0.823. The molecule has 3 heteroatoms. The lowest BCUT2D eigenvalue weighted by molar-refractivity contribution is -0.129. The van der Waals surface area contributed by atoms with E-state index in [1.165, 1.54) is 5.56 Å². The highest BCUT2D eigenvalue weighted by molar-refractivity contribution is 9.10. The van der Waals surface area contributed by atoms with Crippen LogP contribution in [0.5, 0.6) is 5.75 Å². The fourth-order valence-electron chi connectivity index (χ4n) is 2.93. The lowest BCUT2D eigenvalue weighted by Crippen LogP contribution is -2.36. The highest BCUT2D eigenvalue weighted by atomic mass is 79.9. The fraction of sp³-hybridized carbons (Fsp3) is 0.562. The van der Waals surface area contributed by atoms with Gasteiger partial charge in [0.15, 0.2) is 0 Å². The Morgan fingerprint density at radius 3 is 2.74 bits per heavy atom. The Morgan fingerprint density at radius 1 is 1.42 bits per heavy atom. The molecule has 0 aliphatic heterocycles. The van der Waals surface area contributed by atoms with E-state index in [9.17, 15) is 4.79 Å². The predicted molar refractivity (Wildman–Crippen MR) is 80.5 cm³/mol. The Labute approximate surface area is 123 Å². The molecule has 2 nitrogen and oxygen atoms in total. The van der Waals surface area contributed by atoms with E-state index < -0.39 is 0 Å². The number of rotatable bonds is 3. The monoisotopic (exact) mass is 324 g/mol. The van der Waals surface area contributed by atoms with E-state index in [1.54, 1.807) is 7.11 Å². The first-order valence-corrected chi connectivity index (χ1v) is 7.58. The SMILES string of the molecule is COc1ccc(CC2C(=O)CCCC2(C)C)c(Br)c1. The number of ketones is 1. The maximum absolute atomic E-state index is 12.2. The average Bonchev–Trinajstić information content (AvgIpc) is 2.35. The van der Waals surface area contributed by atoms with Crippen LogP contribution < -0.4 is 4.74 Å². The molecular weight excluding hydrogens is 304 g/mol. The molecular formula is C16H21BrO2. The van der Waals surface area contributed by atoms with E-state index in [-0.39, 0.29) is 11.3 Å². The first-order chi connectivity index (χ1) is 8.94. The van der Waals surface area contributed by atoms with Crippen LogP contribution in [0.25, 0.3) is 0 Å². The first-order valence-electron chi connectivity index (χ1n) is 6.79. The van der Waals surface area contributed by atoms with Gasteiger partial charge in [0, 0.05) is 16.8 Å². The second kappa shape index (κ2) is 5.66. The van der Waals surface area contributed by atoms with Gasteiger partial charge >= 0.3 is 0 Å². The molecule has 0 saturated heterocycles. The van der Waals surface area contributed by atoms with Crippen LogP contribution in [-0.2, 0) is 11.2 Å². The van der Waals surface area contributed by atoms with Gasteiger partial charge in [-0.25, -0.2) is 0 Å². The average molecular weight is 325 g/mol. The third kappa shape index (κ3) is 3.19. The van der Waals surface area contributed by atoms with Gasteiger partial charge in [0.25, 0.3) is 0 Å². The van der Waals surface area contributed by atoms with Gasteiger partial charge < -0.3 is 4.74 Å². The summed E-state index contributed by atoms with van der Waals surface area (Å²) in [5, 5.41) is 0. The first kappa shape index (κ1) is 14.6. The molecule has 1 fully saturated rings. The Bertz CT molecular complexity index is 480. The van der Waals surface area contributed by atoms with Crippen LogP contribution in [0.1, 0.15) is 38.7 Å². The van der Waals surface area contributed by atoms with E-state index in [0.717, 1.165) is 35.9 Å². The van der Waals surface area contributed by atoms with Crippen molar-refractivity contribution in [2.75, 3.05) is 7.11 Å². The summed E-state index contributed by atoms with van der Waals surface area (Å²) in [5.74, 6) is 1.38. The van der Waals surface area contributed by atoms with Gasteiger partial charge in [-0.1, -0.05) is 35.8 Å². The standard InChI is InChI=1S/C16H21BrO2/c1-16(2)8-4-5-15(18)13(16)9-11-6-7-12(19-3)10-14(11)17/h6-7,10,13H,4-5,8-9H2,1-3H3. The molecule has 0 heterocycles. The third-order valence-corrected chi connectivity index (χ3v) is 5.00. The van der Waals surface area contributed by atoms with Gasteiger partial charge in [-0.3, -0.25) is 4.79 Å². The van der Waals surface area contributed by atoms with Crippen LogP contribution in [0, 0.1) is 11.3 Å². The van der Waals surface area contributed by atoms with Gasteiger partial charge in [0.2, 0.25) is 0 Å². The Kier molecular flexibility index (Phi) is 4.34. The number of ether oxygens (including phenoxy) is 1. The lowest BCUT2D eigenvalue weighted by atomic mass is 9.66. The van der Waals surface area contributed by atoms with Gasteiger partial charge in [0.1, 0.15) is 11.5 Å². The van der Waals surface area contributed by atoms with Gasteiger partial charge in [-0.15, -0.1) is 0 Å². The minimum absolute atomic E-state index is 0.106. The summed E-state index contributed by atoms with van der Waals surface area (Å²) in [5.41, 5.74) is 1.29. The normalized spacial score (nSPS) is 22.3. The molecule has 2 rings (SSSR count). The smallest absolute Gasteiger partial charge is 0.136 e. The molecule has 1 atom stereocenters. The summed E-state index contributed by atoms with van der Waals surface area (Å²) >= 11 is 3.58. The fourth-order valence-corrected chi connectivity index (χ4v) is 3.45. The number of Topliss-reactive ketones (excluding diaryl/α,β-unsaturated/α-hetero) is 1. The topological polar surface area (TPSA) is 26.3 Å². The zero-order valence-corrected chi connectivity index (χ0v) is 13.4. The van der Waals surface area contributed by atoms with Crippen molar-refractivity contribution in [3.63, 3.8) is 0 Å². The van der Waals surface area contributed by atoms with E-state index in [1.807, 2.05) is 12.1 Å². The summed E-state index contributed by atoms with van der Waals surface area (Å²) in [4.78, 5) is 12.2. The van der Waals surface area contributed by atoms with Crippen molar-refractivity contribution in [1.82, 2.24) is 0 Å². The number of benzene rings is 1. The maximum atomic E-state index is 12.2. The van der Waals surface area contributed by atoms with Gasteiger partial charge in [-0.05, 0) is 42.4 Å². The maximum Gasteiger partial charge on any atom is 0.136 e. The molecule has 104 valence electrons. The number of halogens is 1. The van der Waals surface area contributed by atoms with Crippen LogP contribution in [0.3, 0.4) is 0 Å². The minimum Gasteiger partial charge on any atom is -0.497 e. The van der Waals surface area contributed by atoms with Crippen molar-refractivity contribution < 1.29 is 9.53 Å². The van der Waals surface area contributed by atoms with Crippen molar-refractivity contribution >= 4 is 21.7 Å². The highest BCUT2D eigenvalue weighted by Gasteiger charge is 2.38. The Morgan fingerprint density at radius 2 is 2.16 bits per heavy atom. The van der Waals surface area contributed by atoms with Gasteiger partial charge in [-0.2, -0.15) is 0 Å². The van der Waals surface area contributed by atoms with Crippen molar-refractivity contribution in [2.45, 2.75) is 39.5 Å². The summed E-state index contributed by atoms with van der Waals surface area (Å²) in [7, 11) is 1.66. The van der Waals surface area contributed by atoms with E-state index in [0.29, 0.717) is 5.78 Å². The largest absolute Gasteiger partial charge is 0.497 e. The minimum atomic E-state index is 0.106. The van der Waals surface area contributed by atoms with E-state index in [2.05, 4.69) is 35.8 Å². The second-order valence-corrected chi connectivity index (χ2v) is 6.88. The molecule has 0 spiro atoms. The number of hydrogen-bond acceptors (Lipinski definition) is 2. The van der Waals surface area contributed by atoms with Crippen LogP contribution in [0.2, 0.25) is 0 Å². The molecule has 1 aromatic rings. The van der Waals surface area contributed by atoms with Crippen LogP contribution >= 0.6 is 15.9 Å².